The number of nitrogens with zero attached hydrogens (tertiary/aromatic N) is 3. The van der Waals surface area contributed by atoms with Gasteiger partial charge in [0.2, 0.25) is 0 Å². The molecule has 0 fully saturated rings. The van der Waals surface area contributed by atoms with Crippen LogP contribution < -0.4 is 5.32 Å². The lowest BCUT2D eigenvalue weighted by atomic mass is 10.1. The van der Waals surface area contributed by atoms with E-state index in [1.807, 2.05) is 35.7 Å². The zero-order valence-corrected chi connectivity index (χ0v) is 14.8. The lowest BCUT2D eigenvalue weighted by molar-refractivity contribution is -0.384. The molecule has 26 heavy (non-hydrogen) atoms. The Labute approximate surface area is 153 Å². The number of pyridine rings is 1. The molecule has 2 aromatic heterocycles. The Morgan fingerprint density at radius 3 is 2.85 bits per heavy atom. The molecule has 0 saturated carbocycles. The second-order valence-corrected chi connectivity index (χ2v) is 5.99. The highest BCUT2D eigenvalue weighted by Crippen LogP contribution is 2.32. The van der Waals surface area contributed by atoms with Gasteiger partial charge in [-0.15, -0.1) is 0 Å². The number of nitrogens with one attached hydrogen (secondary N) is 1. The normalized spacial score (nSPS) is 10.7. The number of nitro groups is 1. The van der Waals surface area contributed by atoms with E-state index in [-0.39, 0.29) is 28.5 Å². The number of aromatic nitrogens is 2. The van der Waals surface area contributed by atoms with Crippen LogP contribution >= 0.6 is 11.6 Å². The first-order chi connectivity index (χ1) is 12.4. The lowest BCUT2D eigenvalue weighted by Crippen LogP contribution is -2.07. The molecule has 3 rings (SSSR count). The van der Waals surface area contributed by atoms with Gasteiger partial charge in [0.15, 0.2) is 0 Å². The molecule has 9 heteroatoms. The fourth-order valence-corrected chi connectivity index (χ4v) is 2.83. The summed E-state index contributed by atoms with van der Waals surface area (Å²) in [6.07, 6.45) is 1.86. The van der Waals surface area contributed by atoms with Crippen molar-refractivity contribution < 1.29 is 14.5 Å². The van der Waals surface area contributed by atoms with Gasteiger partial charge in [0.05, 0.1) is 34.9 Å². The van der Waals surface area contributed by atoms with Crippen molar-refractivity contribution in [3.05, 3.63) is 68.6 Å². The Hall–Kier alpha value is -3.13. The van der Waals surface area contributed by atoms with Gasteiger partial charge in [0.1, 0.15) is 11.3 Å². The number of hydrogen-bond acceptors (Lipinski definition) is 6. The summed E-state index contributed by atoms with van der Waals surface area (Å²) in [6, 6.07) is 8.19. The Balaban J connectivity index is 1.90. The SMILES string of the molecule is COC(=O)c1cc([N+](=O)[O-])c(NCc2cn3c(C)cccc3n2)cc1Cl. The van der Waals surface area contributed by atoms with Crippen molar-refractivity contribution >= 4 is 34.6 Å². The number of carbonyl (C=O) groups is 1. The number of hydrogen-bond donors (Lipinski definition) is 1. The molecule has 0 spiro atoms. The average Bonchev–Trinajstić information content (AvgIpc) is 3.03. The standard InChI is InChI=1S/C17H15ClN4O4/c1-10-4-3-5-16-20-11(9-21(10)16)8-19-14-7-13(18)12(17(23)26-2)6-15(14)22(24)25/h3-7,9,19H,8H2,1-2H3. The number of fused-ring (bicyclic) bond motifs is 1. The first kappa shape index (κ1) is 17.7. The molecule has 0 aliphatic heterocycles. The van der Waals surface area contributed by atoms with Crippen LogP contribution in [0.1, 0.15) is 21.7 Å². The molecule has 1 aromatic carbocycles. The third-order valence-electron chi connectivity index (χ3n) is 3.89. The average molecular weight is 375 g/mol. The van der Waals surface area contributed by atoms with E-state index in [1.54, 1.807) is 0 Å². The van der Waals surface area contributed by atoms with Crippen LogP contribution in [0.15, 0.2) is 36.5 Å². The monoisotopic (exact) mass is 374 g/mol. The number of imidazole rings is 1. The van der Waals surface area contributed by atoms with E-state index in [9.17, 15) is 14.9 Å². The first-order valence-corrected chi connectivity index (χ1v) is 8.02. The molecule has 134 valence electrons. The quantitative estimate of drug-likeness (QED) is 0.416. The molecule has 0 bridgehead atoms. The van der Waals surface area contributed by atoms with Crippen LogP contribution in [0.5, 0.6) is 0 Å². The summed E-state index contributed by atoms with van der Waals surface area (Å²) in [6.45, 7) is 2.22. The van der Waals surface area contributed by atoms with Gasteiger partial charge in [-0.1, -0.05) is 17.7 Å². The second-order valence-electron chi connectivity index (χ2n) is 5.58. The third-order valence-corrected chi connectivity index (χ3v) is 4.21. The van der Waals surface area contributed by atoms with Crippen LogP contribution in [-0.2, 0) is 11.3 Å². The maximum absolute atomic E-state index is 11.7. The van der Waals surface area contributed by atoms with Gasteiger partial charge in [0.25, 0.3) is 5.69 Å². The number of nitro benzene ring substituents is 1. The van der Waals surface area contributed by atoms with E-state index in [0.717, 1.165) is 17.4 Å². The molecular formula is C17H15ClN4O4. The molecule has 0 saturated heterocycles. The van der Waals surface area contributed by atoms with E-state index < -0.39 is 10.9 Å². The first-order valence-electron chi connectivity index (χ1n) is 7.64. The number of esters is 1. The summed E-state index contributed by atoms with van der Waals surface area (Å²) in [5.41, 5.74) is 2.39. The summed E-state index contributed by atoms with van der Waals surface area (Å²) in [4.78, 5) is 26.9. The predicted molar refractivity (Wildman–Crippen MR) is 96.7 cm³/mol. The van der Waals surface area contributed by atoms with Crippen molar-refractivity contribution in [2.75, 3.05) is 12.4 Å². The van der Waals surface area contributed by atoms with Gasteiger partial charge in [-0.25, -0.2) is 9.78 Å². The molecule has 3 aromatic rings. The van der Waals surface area contributed by atoms with Crippen molar-refractivity contribution in [2.24, 2.45) is 0 Å². The summed E-state index contributed by atoms with van der Waals surface area (Å²) >= 11 is 6.06. The van der Waals surface area contributed by atoms with E-state index >= 15 is 0 Å². The van der Waals surface area contributed by atoms with Gasteiger partial charge in [-0.3, -0.25) is 10.1 Å². The fraction of sp³-hybridized carbons (Fsp3) is 0.176. The summed E-state index contributed by atoms with van der Waals surface area (Å²) in [5.74, 6) is -0.736. The molecule has 0 aliphatic carbocycles. The number of halogens is 1. The van der Waals surface area contributed by atoms with Gasteiger partial charge in [-0.05, 0) is 25.1 Å². The van der Waals surface area contributed by atoms with Crippen LogP contribution in [0.25, 0.3) is 5.65 Å². The molecule has 0 atom stereocenters. The summed E-state index contributed by atoms with van der Waals surface area (Å²) in [5, 5.41) is 14.4. The maximum atomic E-state index is 11.7. The molecule has 0 radical (unpaired) electrons. The highest BCUT2D eigenvalue weighted by atomic mass is 35.5. The number of aryl methyl sites for hydroxylation is 1. The zero-order valence-electron chi connectivity index (χ0n) is 14.0. The van der Waals surface area contributed by atoms with Gasteiger partial charge in [-0.2, -0.15) is 0 Å². The largest absolute Gasteiger partial charge is 0.465 e. The van der Waals surface area contributed by atoms with Crippen LogP contribution in [0.4, 0.5) is 11.4 Å². The Bertz CT molecular complexity index is 1020. The van der Waals surface area contributed by atoms with Crippen LogP contribution in [0.3, 0.4) is 0 Å². The number of methoxy groups -OCH3 is 1. The topological polar surface area (TPSA) is 98.8 Å². The van der Waals surface area contributed by atoms with Crippen molar-refractivity contribution in [3.8, 4) is 0 Å². The zero-order chi connectivity index (χ0) is 18.8. The van der Waals surface area contributed by atoms with Gasteiger partial charge >= 0.3 is 5.97 Å². The molecule has 0 aliphatic rings. The predicted octanol–water partition coefficient (Wildman–Crippen LogP) is 3.60. The van der Waals surface area contributed by atoms with Crippen LogP contribution in [0.2, 0.25) is 5.02 Å². The second kappa shape index (κ2) is 7.01. The minimum absolute atomic E-state index is 0.0604. The molecule has 8 nitrogen and oxygen atoms in total. The van der Waals surface area contributed by atoms with Crippen molar-refractivity contribution in [2.45, 2.75) is 13.5 Å². The highest BCUT2D eigenvalue weighted by molar-refractivity contribution is 6.34. The van der Waals surface area contributed by atoms with Crippen molar-refractivity contribution in [1.82, 2.24) is 9.38 Å². The van der Waals surface area contributed by atoms with E-state index in [4.69, 9.17) is 11.6 Å². The molecule has 2 heterocycles. The number of benzene rings is 1. The minimum atomic E-state index is -0.736. The van der Waals surface area contributed by atoms with Crippen molar-refractivity contribution in [1.29, 1.82) is 0 Å². The number of anilines is 1. The van der Waals surface area contributed by atoms with E-state index in [1.165, 1.54) is 13.2 Å². The Kier molecular flexibility index (Phi) is 4.77. The van der Waals surface area contributed by atoms with E-state index in [0.29, 0.717) is 5.69 Å². The lowest BCUT2D eigenvalue weighted by Gasteiger charge is -2.09. The van der Waals surface area contributed by atoms with Gasteiger partial charge < -0.3 is 14.5 Å². The van der Waals surface area contributed by atoms with Crippen molar-refractivity contribution in [3.63, 3.8) is 0 Å². The molecule has 1 N–H and O–H groups in total. The van der Waals surface area contributed by atoms with E-state index in [2.05, 4.69) is 15.0 Å². The Morgan fingerprint density at radius 1 is 1.42 bits per heavy atom. The number of ether oxygens (including phenoxy) is 1. The molecule has 0 unspecified atom stereocenters. The third kappa shape index (κ3) is 3.31. The number of rotatable bonds is 5. The summed E-state index contributed by atoms with van der Waals surface area (Å²) in [7, 11) is 1.18. The van der Waals surface area contributed by atoms with Gasteiger partial charge in [0, 0.05) is 18.0 Å². The minimum Gasteiger partial charge on any atom is -0.465 e. The summed E-state index contributed by atoms with van der Waals surface area (Å²) < 4.78 is 6.52. The molecular weight excluding hydrogens is 360 g/mol. The maximum Gasteiger partial charge on any atom is 0.339 e. The number of carbonyl (C=O) groups excluding carboxylic acids is 1. The smallest absolute Gasteiger partial charge is 0.339 e. The van der Waals surface area contributed by atoms with Crippen LogP contribution in [0, 0.1) is 17.0 Å². The highest BCUT2D eigenvalue weighted by Gasteiger charge is 2.21. The van der Waals surface area contributed by atoms with Crippen LogP contribution in [-0.4, -0.2) is 27.4 Å². The fourth-order valence-electron chi connectivity index (χ4n) is 2.59. The Morgan fingerprint density at radius 2 is 2.19 bits per heavy atom. The molecule has 0 amide bonds.